The summed E-state index contributed by atoms with van der Waals surface area (Å²) in [6, 6.07) is 7.58. The van der Waals surface area contributed by atoms with Crippen LogP contribution in [-0.4, -0.2) is 17.8 Å². The highest BCUT2D eigenvalue weighted by Gasteiger charge is 2.30. The second kappa shape index (κ2) is 7.45. The van der Waals surface area contributed by atoms with E-state index < -0.39 is 11.7 Å². The lowest BCUT2D eigenvalue weighted by molar-refractivity contribution is -0.137. The van der Waals surface area contributed by atoms with Gasteiger partial charge < -0.3 is 4.74 Å². The smallest absolute Gasteiger partial charge is 0.417 e. The number of hydrogen-bond donors (Lipinski definition) is 1. The summed E-state index contributed by atoms with van der Waals surface area (Å²) in [5.74, 6) is 0.946. The van der Waals surface area contributed by atoms with E-state index in [1.807, 2.05) is 13.0 Å². The van der Waals surface area contributed by atoms with Crippen LogP contribution in [0.5, 0.6) is 5.75 Å². The molecule has 122 valence electrons. The average Bonchev–Trinajstić information content (AvgIpc) is 2.50. The summed E-state index contributed by atoms with van der Waals surface area (Å²) >= 11 is 3.39. The molecule has 1 N–H and O–H groups in total. The number of aromatic nitrogens is 1. The summed E-state index contributed by atoms with van der Waals surface area (Å²) in [7, 11) is 0. The highest BCUT2D eigenvalue weighted by atomic mass is 79.9. The number of pyridine rings is 1. The second-order valence-corrected chi connectivity index (χ2v) is 5.28. The molecule has 1 aromatic heterocycles. The van der Waals surface area contributed by atoms with Crippen LogP contribution in [0.4, 0.5) is 19.0 Å². The van der Waals surface area contributed by atoms with Crippen molar-refractivity contribution in [1.29, 1.82) is 0 Å². The molecule has 0 atom stereocenters. The van der Waals surface area contributed by atoms with E-state index in [9.17, 15) is 13.2 Å². The Morgan fingerprint density at radius 2 is 2.09 bits per heavy atom. The summed E-state index contributed by atoms with van der Waals surface area (Å²) in [6.45, 7) is 2.45. The Morgan fingerprint density at radius 1 is 1.30 bits per heavy atom. The summed E-state index contributed by atoms with van der Waals surface area (Å²) in [5.41, 5.74) is 2.56. The number of nitrogens with zero attached hydrogens (tertiary/aromatic N) is 2. The molecule has 0 spiro atoms. The van der Waals surface area contributed by atoms with Crippen molar-refractivity contribution in [3.05, 3.63) is 52.1 Å². The number of hydrazone groups is 1. The zero-order chi connectivity index (χ0) is 16.9. The summed E-state index contributed by atoms with van der Waals surface area (Å²) in [5, 5.41) is 3.94. The van der Waals surface area contributed by atoms with Gasteiger partial charge in [0.1, 0.15) is 11.6 Å². The minimum Gasteiger partial charge on any atom is -0.493 e. The maximum Gasteiger partial charge on any atom is 0.417 e. The fourth-order valence-electron chi connectivity index (χ4n) is 1.67. The number of hydrogen-bond acceptors (Lipinski definition) is 4. The number of benzene rings is 1. The van der Waals surface area contributed by atoms with Crippen LogP contribution < -0.4 is 10.2 Å². The number of rotatable bonds is 5. The van der Waals surface area contributed by atoms with Gasteiger partial charge in [0.2, 0.25) is 0 Å². The molecule has 4 nitrogen and oxygen atoms in total. The molecule has 0 amide bonds. The van der Waals surface area contributed by atoms with Gasteiger partial charge in [-0.25, -0.2) is 4.98 Å². The van der Waals surface area contributed by atoms with E-state index in [1.165, 1.54) is 12.3 Å². The van der Waals surface area contributed by atoms with Crippen molar-refractivity contribution in [2.75, 3.05) is 12.0 Å². The van der Waals surface area contributed by atoms with E-state index in [0.29, 0.717) is 6.61 Å². The molecule has 2 aromatic rings. The molecule has 1 aromatic carbocycles. The average molecular weight is 388 g/mol. The minimum absolute atomic E-state index is 0.222. The lowest BCUT2D eigenvalue weighted by Crippen LogP contribution is -2.05. The molecule has 0 bridgehead atoms. The van der Waals surface area contributed by atoms with Crippen LogP contribution >= 0.6 is 15.9 Å². The third kappa shape index (κ3) is 4.95. The van der Waals surface area contributed by atoms with E-state index in [0.717, 1.165) is 28.0 Å². The summed E-state index contributed by atoms with van der Waals surface area (Å²) in [6.07, 6.45) is -2.12. The van der Waals surface area contributed by atoms with Crippen LogP contribution in [0.15, 0.2) is 46.1 Å². The van der Waals surface area contributed by atoms with Crippen molar-refractivity contribution < 1.29 is 17.9 Å². The van der Waals surface area contributed by atoms with Gasteiger partial charge in [-0.1, -0.05) is 0 Å². The zero-order valence-corrected chi connectivity index (χ0v) is 13.6. The first-order chi connectivity index (χ1) is 10.9. The number of nitrogens with one attached hydrogen (secondary N) is 1. The van der Waals surface area contributed by atoms with Gasteiger partial charge in [-0.2, -0.15) is 18.3 Å². The van der Waals surface area contributed by atoms with E-state index in [1.54, 1.807) is 12.1 Å². The Kier molecular flexibility index (Phi) is 5.59. The Labute approximate surface area is 139 Å². The highest BCUT2D eigenvalue weighted by molar-refractivity contribution is 9.10. The normalized spacial score (nSPS) is 11.7. The number of alkyl halides is 3. The molecule has 0 aliphatic heterocycles. The van der Waals surface area contributed by atoms with Gasteiger partial charge in [0.25, 0.3) is 0 Å². The van der Waals surface area contributed by atoms with E-state index in [-0.39, 0.29) is 5.82 Å². The largest absolute Gasteiger partial charge is 0.493 e. The Balaban J connectivity index is 2.00. The monoisotopic (exact) mass is 387 g/mol. The summed E-state index contributed by atoms with van der Waals surface area (Å²) < 4.78 is 43.4. The Bertz CT molecular complexity index is 687. The maximum atomic E-state index is 12.4. The van der Waals surface area contributed by atoms with Crippen LogP contribution in [0.25, 0.3) is 0 Å². The van der Waals surface area contributed by atoms with Gasteiger partial charge in [0.05, 0.1) is 22.9 Å². The van der Waals surface area contributed by atoms with Crippen molar-refractivity contribution in [2.45, 2.75) is 13.1 Å². The van der Waals surface area contributed by atoms with Crippen LogP contribution in [0.1, 0.15) is 18.1 Å². The van der Waals surface area contributed by atoms with Gasteiger partial charge in [-0.15, -0.1) is 0 Å². The summed E-state index contributed by atoms with van der Waals surface area (Å²) in [4.78, 5) is 3.66. The van der Waals surface area contributed by atoms with Gasteiger partial charge in [0, 0.05) is 6.20 Å². The molecule has 0 aliphatic rings. The highest BCUT2D eigenvalue weighted by Crippen LogP contribution is 2.29. The van der Waals surface area contributed by atoms with Gasteiger partial charge in [-0.3, -0.25) is 5.43 Å². The van der Waals surface area contributed by atoms with Crippen LogP contribution in [-0.2, 0) is 6.18 Å². The SMILES string of the molecule is CCOc1ccc(/C=N\Nc2ccc(C(F)(F)F)cn2)cc1Br. The van der Waals surface area contributed by atoms with Crippen molar-refractivity contribution in [3.8, 4) is 5.75 Å². The van der Waals surface area contributed by atoms with Gasteiger partial charge in [0.15, 0.2) is 0 Å². The molecule has 0 aliphatic carbocycles. The number of halogens is 4. The van der Waals surface area contributed by atoms with Crippen LogP contribution in [0.2, 0.25) is 0 Å². The molecule has 0 fully saturated rings. The fraction of sp³-hybridized carbons (Fsp3) is 0.200. The van der Waals surface area contributed by atoms with E-state index >= 15 is 0 Å². The first kappa shape index (κ1) is 17.3. The van der Waals surface area contributed by atoms with Gasteiger partial charge in [-0.05, 0) is 58.7 Å². The molecule has 0 saturated heterocycles. The third-order valence-corrected chi connectivity index (χ3v) is 3.36. The molecular weight excluding hydrogens is 375 g/mol. The number of ether oxygens (including phenoxy) is 1. The molecule has 2 rings (SSSR count). The van der Waals surface area contributed by atoms with Crippen molar-refractivity contribution in [2.24, 2.45) is 5.10 Å². The molecular formula is C15H13BrF3N3O. The molecule has 0 unspecified atom stereocenters. The van der Waals surface area contributed by atoms with Crippen LogP contribution in [0, 0.1) is 0 Å². The lowest BCUT2D eigenvalue weighted by atomic mass is 10.2. The third-order valence-electron chi connectivity index (χ3n) is 2.74. The van der Waals surface area contributed by atoms with Crippen LogP contribution in [0.3, 0.4) is 0 Å². The van der Waals surface area contributed by atoms with Crippen molar-refractivity contribution in [3.63, 3.8) is 0 Å². The first-order valence-electron chi connectivity index (χ1n) is 6.65. The predicted molar refractivity (Wildman–Crippen MR) is 85.8 cm³/mol. The topological polar surface area (TPSA) is 46.5 Å². The standard InChI is InChI=1S/C15H13BrF3N3O/c1-2-23-13-5-3-10(7-12(13)16)8-21-22-14-6-4-11(9-20-14)15(17,18)19/h3-9H,2H2,1H3,(H,20,22)/b21-8-. The Morgan fingerprint density at radius 3 is 2.65 bits per heavy atom. The Hall–Kier alpha value is -2.09. The molecule has 23 heavy (non-hydrogen) atoms. The van der Waals surface area contributed by atoms with Gasteiger partial charge >= 0.3 is 6.18 Å². The quantitative estimate of drug-likeness (QED) is 0.596. The van der Waals surface area contributed by atoms with E-state index in [4.69, 9.17) is 4.74 Å². The van der Waals surface area contributed by atoms with E-state index in [2.05, 4.69) is 31.4 Å². The lowest BCUT2D eigenvalue weighted by Gasteiger charge is -2.07. The zero-order valence-electron chi connectivity index (χ0n) is 12.1. The first-order valence-corrected chi connectivity index (χ1v) is 7.44. The minimum atomic E-state index is -4.40. The predicted octanol–water partition coefficient (Wildman–Crippen LogP) is 4.71. The molecule has 0 saturated carbocycles. The molecule has 1 heterocycles. The molecule has 8 heteroatoms. The van der Waals surface area contributed by atoms with Crippen molar-refractivity contribution in [1.82, 2.24) is 4.98 Å². The second-order valence-electron chi connectivity index (χ2n) is 4.42. The molecule has 0 radical (unpaired) electrons. The fourth-order valence-corrected chi connectivity index (χ4v) is 2.18. The number of anilines is 1. The van der Waals surface area contributed by atoms with Crippen molar-refractivity contribution >= 4 is 28.0 Å². The maximum absolute atomic E-state index is 12.4.